The second kappa shape index (κ2) is 11.5. The summed E-state index contributed by atoms with van der Waals surface area (Å²) in [6.45, 7) is -0.250. The molecule has 0 bridgehead atoms. The van der Waals surface area contributed by atoms with Gasteiger partial charge in [0.05, 0.1) is 23.6 Å². The van der Waals surface area contributed by atoms with E-state index in [2.05, 4.69) is 15.5 Å². The van der Waals surface area contributed by atoms with Gasteiger partial charge in [-0.15, -0.1) is 0 Å². The number of rotatable bonds is 4. The Morgan fingerprint density at radius 1 is 1.03 bits per heavy atom. The first kappa shape index (κ1) is 25.8. The van der Waals surface area contributed by atoms with Crippen molar-refractivity contribution in [3.05, 3.63) is 77.9 Å². The van der Waals surface area contributed by atoms with Gasteiger partial charge in [0.1, 0.15) is 5.82 Å². The number of alkyl halides is 3. The largest absolute Gasteiger partial charge is 0.483 e. The molecule has 35 heavy (non-hydrogen) atoms. The maximum absolute atomic E-state index is 14.1. The normalized spacial score (nSPS) is 17.6. The minimum Gasteiger partial charge on any atom is -0.483 e. The van der Waals surface area contributed by atoms with Crippen LogP contribution in [-0.2, 0) is 15.8 Å². The Hall–Kier alpha value is -3.82. The Bertz CT molecular complexity index is 1140. The van der Waals surface area contributed by atoms with Gasteiger partial charge in [0.2, 0.25) is 5.91 Å². The van der Waals surface area contributed by atoms with Crippen molar-refractivity contribution in [2.75, 3.05) is 5.32 Å². The first-order valence-corrected chi connectivity index (χ1v) is 10.9. The summed E-state index contributed by atoms with van der Waals surface area (Å²) >= 11 is 0. The van der Waals surface area contributed by atoms with Crippen LogP contribution in [0.5, 0.6) is 0 Å². The van der Waals surface area contributed by atoms with Crippen LogP contribution >= 0.6 is 0 Å². The van der Waals surface area contributed by atoms with Crippen LogP contribution in [0.4, 0.5) is 23.2 Å². The van der Waals surface area contributed by atoms with Crippen LogP contribution in [0.25, 0.3) is 11.1 Å². The third-order valence-electron chi connectivity index (χ3n) is 5.90. The van der Waals surface area contributed by atoms with E-state index in [0.717, 1.165) is 41.7 Å². The van der Waals surface area contributed by atoms with Crippen LogP contribution < -0.4 is 5.32 Å². The summed E-state index contributed by atoms with van der Waals surface area (Å²) in [6, 6.07) is 12.1. The number of hydrogen-bond acceptors (Lipinski definition) is 4. The number of nitrogens with one attached hydrogen (secondary N) is 1. The van der Waals surface area contributed by atoms with Gasteiger partial charge in [-0.3, -0.25) is 9.59 Å². The maximum Gasteiger partial charge on any atom is 0.416 e. The minimum absolute atomic E-state index is 0.182. The van der Waals surface area contributed by atoms with E-state index >= 15 is 0 Å². The van der Waals surface area contributed by atoms with Crippen molar-refractivity contribution in [3.8, 4) is 11.1 Å². The smallest absolute Gasteiger partial charge is 0.416 e. The fourth-order valence-corrected chi connectivity index (χ4v) is 4.17. The summed E-state index contributed by atoms with van der Waals surface area (Å²) < 4.78 is 52.3. The number of nitrogens with zero attached hydrogens (tertiary/aromatic N) is 2. The predicted octanol–water partition coefficient (Wildman–Crippen LogP) is 5.91. The number of hydrogen-bond donors (Lipinski definition) is 2. The Labute approximate surface area is 199 Å². The van der Waals surface area contributed by atoms with Crippen LogP contribution in [0.3, 0.4) is 0 Å². The molecule has 0 saturated heterocycles. The van der Waals surface area contributed by atoms with E-state index in [1.807, 2.05) is 30.3 Å². The van der Waals surface area contributed by atoms with E-state index in [1.165, 1.54) is 0 Å². The van der Waals surface area contributed by atoms with Crippen molar-refractivity contribution in [2.24, 2.45) is 5.92 Å². The maximum atomic E-state index is 14.1. The van der Waals surface area contributed by atoms with Gasteiger partial charge in [-0.1, -0.05) is 30.7 Å². The van der Waals surface area contributed by atoms with E-state index in [0.29, 0.717) is 18.9 Å². The number of anilines is 1. The molecule has 6 nitrogen and oxygen atoms in total. The molecule has 184 valence electrons. The Morgan fingerprint density at radius 3 is 2.34 bits per heavy atom. The molecule has 1 amide bonds. The zero-order valence-electron chi connectivity index (χ0n) is 18.5. The van der Waals surface area contributed by atoms with Crippen molar-refractivity contribution in [2.45, 2.75) is 37.8 Å². The highest BCUT2D eigenvalue weighted by Crippen LogP contribution is 2.38. The number of benzene rings is 2. The molecule has 1 heterocycles. The van der Waals surface area contributed by atoms with Crippen LogP contribution in [0.2, 0.25) is 0 Å². The van der Waals surface area contributed by atoms with E-state index in [9.17, 15) is 22.4 Å². The van der Waals surface area contributed by atoms with Gasteiger partial charge in [0, 0.05) is 11.5 Å². The predicted molar refractivity (Wildman–Crippen MR) is 121 cm³/mol. The van der Waals surface area contributed by atoms with Crippen LogP contribution in [0, 0.1) is 11.7 Å². The number of halogens is 4. The van der Waals surface area contributed by atoms with Gasteiger partial charge in [-0.2, -0.15) is 23.4 Å². The van der Waals surface area contributed by atoms with E-state index in [-0.39, 0.29) is 29.9 Å². The molecule has 2 atom stereocenters. The van der Waals surface area contributed by atoms with Crippen molar-refractivity contribution < 1.29 is 32.3 Å². The lowest BCUT2D eigenvalue weighted by Gasteiger charge is -2.29. The molecule has 2 unspecified atom stereocenters. The Balaban J connectivity index is 0.00000108. The molecule has 1 aromatic heterocycles. The lowest BCUT2D eigenvalue weighted by Crippen LogP contribution is -2.28. The summed E-state index contributed by atoms with van der Waals surface area (Å²) in [4.78, 5) is 21.1. The fourth-order valence-electron chi connectivity index (χ4n) is 4.17. The lowest BCUT2D eigenvalue weighted by molar-refractivity contribution is -0.137. The van der Waals surface area contributed by atoms with Crippen LogP contribution in [0.15, 0.2) is 60.9 Å². The Kier molecular flexibility index (Phi) is 8.51. The molecular formula is C25H23F4N3O3. The molecule has 1 aliphatic rings. The van der Waals surface area contributed by atoms with Gasteiger partial charge in [0.15, 0.2) is 0 Å². The van der Waals surface area contributed by atoms with Gasteiger partial charge in [-0.25, -0.2) is 4.39 Å². The zero-order valence-corrected chi connectivity index (χ0v) is 18.5. The number of carbonyl (C=O) groups is 2. The quantitative estimate of drug-likeness (QED) is 0.351. The average Bonchev–Trinajstić information content (AvgIpc) is 2.86. The molecule has 2 N–H and O–H groups in total. The van der Waals surface area contributed by atoms with Crippen molar-refractivity contribution in [1.82, 2.24) is 10.2 Å². The molecule has 0 spiro atoms. The van der Waals surface area contributed by atoms with Gasteiger partial charge >= 0.3 is 6.18 Å². The lowest BCUT2D eigenvalue weighted by atomic mass is 9.77. The SMILES string of the molecule is O=C(Nc1ccc(C(F)(F)F)cc1F)C1CCCC(c2ccc(-c3ccnnc3)cc2)C1.O=CO. The number of aromatic nitrogens is 2. The summed E-state index contributed by atoms with van der Waals surface area (Å²) in [6.07, 6.45) is 1.73. The Morgan fingerprint density at radius 2 is 1.74 bits per heavy atom. The van der Waals surface area contributed by atoms with Gasteiger partial charge in [-0.05, 0) is 60.6 Å². The second-order valence-corrected chi connectivity index (χ2v) is 8.10. The first-order valence-electron chi connectivity index (χ1n) is 10.9. The molecular weight excluding hydrogens is 466 g/mol. The second-order valence-electron chi connectivity index (χ2n) is 8.10. The first-order chi connectivity index (χ1) is 16.7. The number of carboxylic acid groups (broad SMARTS) is 1. The van der Waals surface area contributed by atoms with E-state index in [1.54, 1.807) is 12.4 Å². The number of carbonyl (C=O) groups excluding carboxylic acids is 1. The van der Waals surface area contributed by atoms with Crippen LogP contribution in [-0.4, -0.2) is 27.7 Å². The molecule has 1 saturated carbocycles. The topological polar surface area (TPSA) is 92.2 Å². The van der Waals surface area contributed by atoms with E-state index < -0.39 is 17.6 Å². The molecule has 4 rings (SSSR count). The zero-order chi connectivity index (χ0) is 25.4. The summed E-state index contributed by atoms with van der Waals surface area (Å²) in [7, 11) is 0. The third kappa shape index (κ3) is 6.84. The highest BCUT2D eigenvalue weighted by Gasteiger charge is 2.32. The summed E-state index contributed by atoms with van der Waals surface area (Å²) in [5.41, 5.74) is 1.78. The molecule has 3 aromatic rings. The average molecular weight is 489 g/mol. The monoisotopic (exact) mass is 489 g/mol. The summed E-state index contributed by atoms with van der Waals surface area (Å²) in [5, 5.41) is 17.0. The molecule has 2 aromatic carbocycles. The fraction of sp³-hybridized carbons (Fsp3) is 0.280. The highest BCUT2D eigenvalue weighted by atomic mass is 19.4. The van der Waals surface area contributed by atoms with E-state index in [4.69, 9.17) is 9.90 Å². The minimum atomic E-state index is -4.64. The molecule has 1 fully saturated rings. The van der Waals surface area contributed by atoms with Crippen LogP contribution in [0.1, 0.15) is 42.7 Å². The third-order valence-corrected chi connectivity index (χ3v) is 5.90. The van der Waals surface area contributed by atoms with Gasteiger partial charge < -0.3 is 10.4 Å². The van der Waals surface area contributed by atoms with Crippen molar-refractivity contribution in [3.63, 3.8) is 0 Å². The van der Waals surface area contributed by atoms with Crippen molar-refractivity contribution >= 4 is 18.1 Å². The molecule has 1 aliphatic carbocycles. The standard InChI is InChI=1S/C24H21F4N3O.CH2O2/c25-21-13-20(24(26,27)28)8-9-22(21)31-23(32)18-3-1-2-17(12-18)15-4-6-16(7-5-15)19-10-11-29-30-14-19;2-1-3/h4-11,13-14,17-18H,1-3,12H2,(H,31,32);1H,(H,2,3). The highest BCUT2D eigenvalue weighted by molar-refractivity contribution is 5.92. The van der Waals surface area contributed by atoms with Gasteiger partial charge in [0.25, 0.3) is 6.47 Å². The van der Waals surface area contributed by atoms with Crippen molar-refractivity contribution in [1.29, 1.82) is 0 Å². The molecule has 0 radical (unpaired) electrons. The molecule has 0 aliphatic heterocycles. The number of amides is 1. The molecule has 10 heteroatoms. The summed E-state index contributed by atoms with van der Waals surface area (Å²) in [5.74, 6) is -1.62.